The normalized spacial score (nSPS) is 15.4. The van der Waals surface area contributed by atoms with Crippen molar-refractivity contribution in [3.63, 3.8) is 0 Å². The summed E-state index contributed by atoms with van der Waals surface area (Å²) in [5.74, 6) is 3.04. The van der Waals surface area contributed by atoms with Crippen LogP contribution in [0.4, 0.5) is 10.5 Å². The molecule has 0 aliphatic carbocycles. The first-order chi connectivity index (χ1) is 16.4. The Hall–Kier alpha value is -3.62. The lowest BCUT2D eigenvalue weighted by Crippen LogP contribution is -2.36. The highest BCUT2D eigenvalue weighted by Gasteiger charge is 2.36. The van der Waals surface area contributed by atoms with E-state index in [2.05, 4.69) is 27.2 Å². The maximum atomic E-state index is 12.9. The number of nitrogens with zero attached hydrogens (tertiary/aromatic N) is 1. The molecule has 4 rings (SSSR count). The molecule has 34 heavy (non-hydrogen) atoms. The van der Waals surface area contributed by atoms with Crippen molar-refractivity contribution in [2.45, 2.75) is 0 Å². The zero-order valence-electron chi connectivity index (χ0n) is 17.8. The van der Waals surface area contributed by atoms with Crippen LogP contribution >= 0.6 is 27.7 Å². The number of amides is 3. The Labute approximate surface area is 207 Å². The summed E-state index contributed by atoms with van der Waals surface area (Å²) in [6, 6.07) is 8.29. The SMILES string of the molecule is C#CCOc1c(C=C2SC(=O)N(CC(=O)Nc3ccc4c(c3)OCO4)C2=O)cc(Br)cc1OC. The number of thioether (sulfide) groups is 1. The molecule has 2 aliphatic rings. The maximum Gasteiger partial charge on any atom is 0.294 e. The lowest BCUT2D eigenvalue weighted by molar-refractivity contribution is -0.127. The van der Waals surface area contributed by atoms with Crippen molar-refractivity contribution in [1.29, 1.82) is 0 Å². The predicted molar refractivity (Wildman–Crippen MR) is 129 cm³/mol. The second kappa shape index (κ2) is 10.1. The fraction of sp³-hybridized carbons (Fsp3) is 0.174. The number of anilines is 1. The van der Waals surface area contributed by atoms with Gasteiger partial charge in [-0.15, -0.1) is 6.42 Å². The Morgan fingerprint density at radius 3 is 2.85 bits per heavy atom. The minimum atomic E-state index is -0.599. The van der Waals surface area contributed by atoms with Crippen LogP contribution in [-0.4, -0.2) is 49.0 Å². The number of carbonyl (C=O) groups excluding carboxylic acids is 3. The Morgan fingerprint density at radius 1 is 1.29 bits per heavy atom. The molecule has 0 bridgehead atoms. The van der Waals surface area contributed by atoms with Crippen molar-refractivity contribution in [2.24, 2.45) is 0 Å². The summed E-state index contributed by atoms with van der Waals surface area (Å²) in [7, 11) is 1.47. The number of methoxy groups -OCH3 is 1. The van der Waals surface area contributed by atoms with Gasteiger partial charge in [0.05, 0.1) is 12.0 Å². The van der Waals surface area contributed by atoms with Gasteiger partial charge in [0.1, 0.15) is 13.2 Å². The van der Waals surface area contributed by atoms with Gasteiger partial charge in [-0.2, -0.15) is 0 Å². The van der Waals surface area contributed by atoms with Crippen LogP contribution in [0.25, 0.3) is 6.08 Å². The van der Waals surface area contributed by atoms with Crippen molar-refractivity contribution in [3.8, 4) is 35.3 Å². The van der Waals surface area contributed by atoms with Crippen LogP contribution in [0.15, 0.2) is 39.7 Å². The van der Waals surface area contributed by atoms with E-state index in [4.69, 9.17) is 25.4 Å². The fourth-order valence-electron chi connectivity index (χ4n) is 3.21. The first-order valence-corrected chi connectivity index (χ1v) is 11.4. The summed E-state index contributed by atoms with van der Waals surface area (Å²) in [4.78, 5) is 38.9. The molecule has 9 nitrogen and oxygen atoms in total. The second-order valence-corrected chi connectivity index (χ2v) is 8.81. The smallest absolute Gasteiger partial charge is 0.294 e. The minimum Gasteiger partial charge on any atom is -0.493 e. The van der Waals surface area contributed by atoms with E-state index >= 15 is 0 Å². The van der Waals surface area contributed by atoms with E-state index in [0.29, 0.717) is 38.7 Å². The standard InChI is InChI=1S/C23H17BrN2O7S/c1-3-6-31-21-13(7-14(24)9-18(21)30-2)8-19-22(28)26(23(29)34-19)11-20(27)25-15-4-5-16-17(10-15)33-12-32-16/h1,4-5,7-10H,6,11-12H2,2H3,(H,25,27). The molecule has 2 aromatic rings. The van der Waals surface area contributed by atoms with Gasteiger partial charge >= 0.3 is 0 Å². The van der Waals surface area contributed by atoms with Gasteiger partial charge in [-0.25, -0.2) is 0 Å². The molecule has 0 saturated carbocycles. The highest BCUT2D eigenvalue weighted by atomic mass is 79.9. The molecule has 0 aromatic heterocycles. The summed E-state index contributed by atoms with van der Waals surface area (Å²) < 4.78 is 22.1. The lowest BCUT2D eigenvalue weighted by Gasteiger charge is -2.13. The molecule has 0 unspecified atom stereocenters. The Balaban J connectivity index is 1.51. The van der Waals surface area contributed by atoms with Crippen molar-refractivity contribution in [3.05, 3.63) is 45.3 Å². The number of ether oxygens (including phenoxy) is 4. The molecular formula is C23H17BrN2O7S. The number of carbonyl (C=O) groups is 3. The van der Waals surface area contributed by atoms with E-state index in [0.717, 1.165) is 16.7 Å². The van der Waals surface area contributed by atoms with Crippen LogP contribution in [0.2, 0.25) is 0 Å². The van der Waals surface area contributed by atoms with Gasteiger partial charge in [-0.1, -0.05) is 21.9 Å². The highest BCUT2D eigenvalue weighted by Crippen LogP contribution is 2.39. The number of benzene rings is 2. The number of hydrogen-bond acceptors (Lipinski definition) is 8. The van der Waals surface area contributed by atoms with Crippen LogP contribution in [0.1, 0.15) is 5.56 Å². The predicted octanol–water partition coefficient (Wildman–Crippen LogP) is 3.87. The number of rotatable bonds is 7. The van der Waals surface area contributed by atoms with E-state index in [1.165, 1.54) is 13.2 Å². The van der Waals surface area contributed by atoms with E-state index in [9.17, 15) is 14.4 Å². The first-order valence-electron chi connectivity index (χ1n) is 9.78. The molecule has 1 saturated heterocycles. The summed E-state index contributed by atoms with van der Waals surface area (Å²) in [6.07, 6.45) is 6.80. The number of imide groups is 1. The molecule has 0 spiro atoms. The summed E-state index contributed by atoms with van der Waals surface area (Å²) in [5.41, 5.74) is 0.935. The third kappa shape index (κ3) is 4.98. The zero-order valence-corrected chi connectivity index (χ0v) is 20.2. The van der Waals surface area contributed by atoms with Crippen LogP contribution in [0.3, 0.4) is 0 Å². The quantitative estimate of drug-likeness (QED) is 0.413. The van der Waals surface area contributed by atoms with Crippen LogP contribution in [0.5, 0.6) is 23.0 Å². The monoisotopic (exact) mass is 544 g/mol. The first kappa shape index (κ1) is 23.5. The van der Waals surface area contributed by atoms with Crippen LogP contribution < -0.4 is 24.3 Å². The van der Waals surface area contributed by atoms with E-state index in [-0.39, 0.29) is 18.3 Å². The van der Waals surface area contributed by atoms with Gasteiger partial charge < -0.3 is 24.3 Å². The molecule has 3 amide bonds. The summed E-state index contributed by atoms with van der Waals surface area (Å²) in [6.45, 7) is -0.353. The third-order valence-corrected chi connectivity index (χ3v) is 6.05. The number of terminal acetylenes is 1. The Morgan fingerprint density at radius 2 is 2.09 bits per heavy atom. The molecule has 174 valence electrons. The fourth-order valence-corrected chi connectivity index (χ4v) is 4.50. The molecule has 1 N–H and O–H groups in total. The zero-order chi connectivity index (χ0) is 24.2. The third-order valence-electron chi connectivity index (χ3n) is 4.69. The van der Waals surface area contributed by atoms with Gasteiger partial charge in [-0.3, -0.25) is 19.3 Å². The molecule has 1 fully saturated rings. The lowest BCUT2D eigenvalue weighted by atomic mass is 10.1. The van der Waals surface area contributed by atoms with E-state index in [1.807, 2.05) is 0 Å². The van der Waals surface area contributed by atoms with Crippen molar-refractivity contribution in [1.82, 2.24) is 4.90 Å². The largest absolute Gasteiger partial charge is 0.493 e. The number of hydrogen-bond donors (Lipinski definition) is 1. The van der Waals surface area contributed by atoms with Crippen molar-refractivity contribution < 1.29 is 33.3 Å². The second-order valence-electron chi connectivity index (χ2n) is 6.90. The summed E-state index contributed by atoms with van der Waals surface area (Å²) >= 11 is 4.11. The van der Waals surface area contributed by atoms with Crippen LogP contribution in [-0.2, 0) is 9.59 Å². The van der Waals surface area contributed by atoms with Gasteiger partial charge in [0.2, 0.25) is 12.7 Å². The van der Waals surface area contributed by atoms with E-state index in [1.54, 1.807) is 30.3 Å². The number of fused-ring (bicyclic) bond motifs is 1. The molecule has 0 radical (unpaired) electrons. The average Bonchev–Trinajstić information content (AvgIpc) is 3.37. The number of halogens is 1. The molecule has 11 heteroatoms. The van der Waals surface area contributed by atoms with Gasteiger partial charge in [0.15, 0.2) is 23.0 Å². The number of nitrogens with one attached hydrogen (secondary N) is 1. The topological polar surface area (TPSA) is 103 Å². The molecule has 2 heterocycles. The van der Waals surface area contributed by atoms with Gasteiger partial charge in [0.25, 0.3) is 11.1 Å². The maximum absolute atomic E-state index is 12.9. The molecule has 2 aliphatic heterocycles. The van der Waals surface area contributed by atoms with Gasteiger partial charge in [0, 0.05) is 21.8 Å². The minimum absolute atomic E-state index is 0.0136. The van der Waals surface area contributed by atoms with E-state index < -0.39 is 23.6 Å². The van der Waals surface area contributed by atoms with Crippen molar-refractivity contribution in [2.75, 3.05) is 32.4 Å². The average molecular weight is 545 g/mol. The molecule has 2 aromatic carbocycles. The summed E-state index contributed by atoms with van der Waals surface area (Å²) in [5, 5.41) is 2.08. The molecule has 0 atom stereocenters. The Kier molecular flexibility index (Phi) is 7.00. The Bertz CT molecular complexity index is 1250. The van der Waals surface area contributed by atoms with Crippen LogP contribution in [0, 0.1) is 12.3 Å². The van der Waals surface area contributed by atoms with Gasteiger partial charge in [-0.05, 0) is 42.1 Å². The molecular weight excluding hydrogens is 528 g/mol. The van der Waals surface area contributed by atoms with Crippen molar-refractivity contribution >= 4 is 56.5 Å². The highest BCUT2D eigenvalue weighted by molar-refractivity contribution is 9.10.